The lowest BCUT2D eigenvalue weighted by atomic mass is 10.0. The zero-order valence-corrected chi connectivity index (χ0v) is 10.1. The maximum atomic E-state index is 13.2. The number of oxazole rings is 1. The number of aliphatic hydroxyl groups excluding tert-OH is 1. The van der Waals surface area contributed by atoms with Crippen molar-refractivity contribution < 1.29 is 18.3 Å². The molecule has 2 N–H and O–H groups in total. The van der Waals surface area contributed by atoms with Crippen LogP contribution in [-0.4, -0.2) is 10.1 Å². The number of hydrogen-bond donors (Lipinski definition) is 2. The number of fused-ring (bicyclic) bond motifs is 1. The van der Waals surface area contributed by atoms with E-state index in [1.165, 1.54) is 12.1 Å². The molecule has 3 rings (SSSR count). The third kappa shape index (κ3) is 2.10. The predicted octanol–water partition coefficient (Wildman–Crippen LogP) is 2.48. The molecular weight excluding hydrogens is 268 g/mol. The Bertz CT molecular complexity index is 838. The Kier molecular flexibility index (Phi) is 2.87. The van der Waals surface area contributed by atoms with E-state index in [1.54, 1.807) is 12.1 Å². The molecule has 0 saturated heterocycles. The van der Waals surface area contributed by atoms with Crippen LogP contribution in [0.4, 0.5) is 8.78 Å². The molecule has 6 heteroatoms. The van der Waals surface area contributed by atoms with Crippen LogP contribution in [0.5, 0.6) is 0 Å². The molecule has 4 nitrogen and oxygen atoms in total. The summed E-state index contributed by atoms with van der Waals surface area (Å²) in [5.74, 6) is -2.61. The van der Waals surface area contributed by atoms with Gasteiger partial charge in [0.2, 0.25) is 0 Å². The fraction of sp³-hybridized carbons (Fsp3) is 0.0714. The Morgan fingerprint density at radius 2 is 1.75 bits per heavy atom. The fourth-order valence-corrected chi connectivity index (χ4v) is 2.01. The summed E-state index contributed by atoms with van der Waals surface area (Å²) in [5.41, 5.74) is 1.40. The molecule has 102 valence electrons. The Morgan fingerprint density at radius 3 is 2.50 bits per heavy atom. The first-order valence-electron chi connectivity index (χ1n) is 5.80. The molecule has 20 heavy (non-hydrogen) atoms. The third-order valence-electron chi connectivity index (χ3n) is 3.02. The highest BCUT2D eigenvalue weighted by molar-refractivity contribution is 5.73. The van der Waals surface area contributed by atoms with Crippen LogP contribution in [-0.2, 0) is 0 Å². The van der Waals surface area contributed by atoms with Gasteiger partial charge in [-0.1, -0.05) is 12.1 Å². The largest absolute Gasteiger partial charge is 0.417 e. The quantitative estimate of drug-likeness (QED) is 0.756. The van der Waals surface area contributed by atoms with Crippen LogP contribution in [0.1, 0.15) is 17.2 Å². The van der Waals surface area contributed by atoms with Crippen molar-refractivity contribution in [3.05, 3.63) is 69.7 Å². The van der Waals surface area contributed by atoms with E-state index in [9.17, 15) is 18.7 Å². The molecule has 0 radical (unpaired) electrons. The molecule has 0 aliphatic rings. The number of rotatable bonds is 2. The first-order valence-corrected chi connectivity index (χ1v) is 5.80. The number of benzene rings is 2. The predicted molar refractivity (Wildman–Crippen MR) is 67.3 cm³/mol. The van der Waals surface area contributed by atoms with E-state index in [0.29, 0.717) is 11.1 Å². The Balaban J connectivity index is 2.04. The molecule has 0 aliphatic carbocycles. The summed E-state index contributed by atoms with van der Waals surface area (Å²) < 4.78 is 30.9. The van der Waals surface area contributed by atoms with Gasteiger partial charge in [0.1, 0.15) is 6.10 Å². The summed E-state index contributed by atoms with van der Waals surface area (Å²) in [6.07, 6.45) is -1.14. The molecule has 1 atom stereocenters. The van der Waals surface area contributed by atoms with Crippen molar-refractivity contribution in [1.82, 2.24) is 4.98 Å². The van der Waals surface area contributed by atoms with Gasteiger partial charge in [-0.15, -0.1) is 0 Å². The number of aromatic amines is 1. The lowest BCUT2D eigenvalue weighted by Crippen LogP contribution is -2.00. The van der Waals surface area contributed by atoms with Crippen molar-refractivity contribution in [1.29, 1.82) is 0 Å². The summed E-state index contributed by atoms with van der Waals surface area (Å²) in [6.45, 7) is 0. The number of halogens is 2. The van der Waals surface area contributed by atoms with E-state index in [1.807, 2.05) is 0 Å². The lowest BCUT2D eigenvalue weighted by molar-refractivity contribution is 0.219. The van der Waals surface area contributed by atoms with E-state index in [4.69, 9.17) is 4.42 Å². The van der Waals surface area contributed by atoms with E-state index in [-0.39, 0.29) is 11.1 Å². The zero-order chi connectivity index (χ0) is 14.3. The standard InChI is InChI=1S/C14H9F2NO3/c15-9-3-1-7(5-10(9)16)13(18)8-2-4-11-12(6-8)20-14(19)17-11/h1-6,13,18H,(H,17,19). The van der Waals surface area contributed by atoms with E-state index < -0.39 is 23.5 Å². The van der Waals surface area contributed by atoms with Gasteiger partial charge in [-0.25, -0.2) is 13.6 Å². The topological polar surface area (TPSA) is 66.2 Å². The Hall–Kier alpha value is -2.47. The molecule has 0 saturated carbocycles. The normalized spacial score (nSPS) is 12.8. The Morgan fingerprint density at radius 1 is 1.05 bits per heavy atom. The molecule has 1 heterocycles. The van der Waals surface area contributed by atoms with Crippen LogP contribution in [0.3, 0.4) is 0 Å². The summed E-state index contributed by atoms with van der Waals surface area (Å²) in [7, 11) is 0. The van der Waals surface area contributed by atoms with Crippen molar-refractivity contribution in [3.63, 3.8) is 0 Å². The molecule has 2 aromatic carbocycles. The van der Waals surface area contributed by atoms with Crippen LogP contribution in [0.15, 0.2) is 45.6 Å². The van der Waals surface area contributed by atoms with Crippen LogP contribution in [0.25, 0.3) is 11.1 Å². The number of aliphatic hydroxyl groups is 1. The van der Waals surface area contributed by atoms with Gasteiger partial charge in [0.25, 0.3) is 0 Å². The molecule has 3 aromatic rings. The molecule has 0 bridgehead atoms. The van der Waals surface area contributed by atoms with Crippen molar-refractivity contribution in [2.75, 3.05) is 0 Å². The summed E-state index contributed by atoms with van der Waals surface area (Å²) in [6, 6.07) is 7.78. The second-order valence-electron chi connectivity index (χ2n) is 4.35. The van der Waals surface area contributed by atoms with Gasteiger partial charge in [0, 0.05) is 0 Å². The SMILES string of the molecule is O=c1[nH]c2ccc(C(O)c3ccc(F)c(F)c3)cc2o1. The van der Waals surface area contributed by atoms with Crippen molar-refractivity contribution in [2.24, 2.45) is 0 Å². The second kappa shape index (κ2) is 4.57. The maximum absolute atomic E-state index is 13.2. The average molecular weight is 277 g/mol. The molecule has 0 spiro atoms. The molecule has 1 aromatic heterocycles. The van der Waals surface area contributed by atoms with Gasteiger partial charge in [0.05, 0.1) is 5.52 Å². The number of nitrogens with one attached hydrogen (secondary N) is 1. The van der Waals surface area contributed by atoms with Crippen LogP contribution < -0.4 is 5.76 Å². The molecule has 0 amide bonds. The van der Waals surface area contributed by atoms with Crippen molar-refractivity contribution in [3.8, 4) is 0 Å². The minimum Gasteiger partial charge on any atom is -0.408 e. The highest BCUT2D eigenvalue weighted by Gasteiger charge is 2.14. The zero-order valence-electron chi connectivity index (χ0n) is 10.1. The lowest BCUT2D eigenvalue weighted by Gasteiger charge is -2.11. The van der Waals surface area contributed by atoms with Crippen molar-refractivity contribution in [2.45, 2.75) is 6.10 Å². The number of hydrogen-bond acceptors (Lipinski definition) is 3. The number of H-pyrrole nitrogens is 1. The number of aromatic nitrogens is 1. The van der Waals surface area contributed by atoms with Crippen LogP contribution in [0.2, 0.25) is 0 Å². The van der Waals surface area contributed by atoms with Crippen LogP contribution in [0, 0.1) is 11.6 Å². The van der Waals surface area contributed by atoms with Crippen molar-refractivity contribution >= 4 is 11.1 Å². The van der Waals surface area contributed by atoms with Gasteiger partial charge in [-0.05, 0) is 35.4 Å². The average Bonchev–Trinajstić information content (AvgIpc) is 2.80. The maximum Gasteiger partial charge on any atom is 0.417 e. The fourth-order valence-electron chi connectivity index (χ4n) is 2.01. The van der Waals surface area contributed by atoms with Gasteiger partial charge in [0.15, 0.2) is 17.2 Å². The molecule has 1 unspecified atom stereocenters. The second-order valence-corrected chi connectivity index (χ2v) is 4.35. The highest BCUT2D eigenvalue weighted by atomic mass is 19.2. The minimum absolute atomic E-state index is 0.209. The molecule has 0 aliphatic heterocycles. The summed E-state index contributed by atoms with van der Waals surface area (Å²) in [4.78, 5) is 13.5. The van der Waals surface area contributed by atoms with E-state index in [2.05, 4.69) is 4.98 Å². The van der Waals surface area contributed by atoms with Gasteiger partial charge < -0.3 is 9.52 Å². The summed E-state index contributed by atoms with van der Waals surface area (Å²) >= 11 is 0. The summed E-state index contributed by atoms with van der Waals surface area (Å²) in [5, 5.41) is 10.2. The Labute approximate surface area is 111 Å². The molecule has 0 fully saturated rings. The van der Waals surface area contributed by atoms with Crippen LogP contribution >= 0.6 is 0 Å². The first kappa shape index (κ1) is 12.6. The van der Waals surface area contributed by atoms with E-state index in [0.717, 1.165) is 12.1 Å². The van der Waals surface area contributed by atoms with E-state index >= 15 is 0 Å². The van der Waals surface area contributed by atoms with Gasteiger partial charge in [-0.2, -0.15) is 0 Å². The molecular formula is C14H9F2NO3. The monoisotopic (exact) mass is 277 g/mol. The first-order chi connectivity index (χ1) is 9.54. The smallest absolute Gasteiger partial charge is 0.408 e. The highest BCUT2D eigenvalue weighted by Crippen LogP contribution is 2.25. The minimum atomic E-state index is -1.14. The van der Waals surface area contributed by atoms with Gasteiger partial charge >= 0.3 is 5.76 Å². The van der Waals surface area contributed by atoms with Gasteiger partial charge in [-0.3, -0.25) is 4.98 Å². The third-order valence-corrected chi connectivity index (χ3v) is 3.02.